The Morgan fingerprint density at radius 1 is 1.14 bits per heavy atom. The van der Waals surface area contributed by atoms with Crippen LogP contribution in [0.15, 0.2) is 36.4 Å². The lowest BCUT2D eigenvalue weighted by Crippen LogP contribution is -1.84. The molecule has 72 valence electrons. The summed E-state index contributed by atoms with van der Waals surface area (Å²) in [4.78, 5) is 2.72. The third kappa shape index (κ3) is 2.17. The number of thiophene rings is 1. The van der Waals surface area contributed by atoms with Crippen LogP contribution < -0.4 is 0 Å². The summed E-state index contributed by atoms with van der Waals surface area (Å²) >= 11 is 7.92. The van der Waals surface area contributed by atoms with Crippen molar-refractivity contribution < 1.29 is 0 Å². The number of rotatable bonds is 2. The van der Waals surface area contributed by atoms with Gasteiger partial charge in [0.1, 0.15) is 0 Å². The van der Waals surface area contributed by atoms with Gasteiger partial charge in [-0.15, -0.1) is 11.3 Å². The maximum absolute atomic E-state index is 6.09. The van der Waals surface area contributed by atoms with Crippen molar-refractivity contribution in [2.75, 3.05) is 0 Å². The molecular weight excluding hydrogens is 212 g/mol. The summed E-state index contributed by atoms with van der Waals surface area (Å²) in [7, 11) is 0. The molecule has 0 aliphatic heterocycles. The van der Waals surface area contributed by atoms with Gasteiger partial charge in [-0.3, -0.25) is 0 Å². The summed E-state index contributed by atoms with van der Waals surface area (Å²) in [5, 5.41) is 0.860. The minimum absolute atomic E-state index is 0.860. The standard InChI is InChI=1S/C12H11ClS/c1-9-6-7-11(14-9)8-10-4-2-3-5-12(10)13/h2-7H,8H2,1H3. The van der Waals surface area contributed by atoms with Crippen LogP contribution in [-0.4, -0.2) is 0 Å². The van der Waals surface area contributed by atoms with Crippen LogP contribution in [0.4, 0.5) is 0 Å². The molecule has 0 fully saturated rings. The molecular formula is C12H11ClS. The van der Waals surface area contributed by atoms with Crippen molar-refractivity contribution in [3.05, 3.63) is 56.7 Å². The summed E-state index contributed by atoms with van der Waals surface area (Å²) in [6.07, 6.45) is 0.943. The van der Waals surface area contributed by atoms with E-state index in [0.29, 0.717) is 0 Å². The summed E-state index contributed by atoms with van der Waals surface area (Å²) in [5.74, 6) is 0. The molecule has 1 aromatic heterocycles. The third-order valence-corrected chi connectivity index (χ3v) is 3.49. The van der Waals surface area contributed by atoms with Crippen molar-refractivity contribution in [3.63, 3.8) is 0 Å². The van der Waals surface area contributed by atoms with Crippen LogP contribution >= 0.6 is 22.9 Å². The Morgan fingerprint density at radius 3 is 2.57 bits per heavy atom. The number of hydrogen-bond acceptors (Lipinski definition) is 1. The maximum atomic E-state index is 6.09. The molecule has 0 saturated heterocycles. The van der Waals surface area contributed by atoms with E-state index >= 15 is 0 Å². The second-order valence-electron chi connectivity index (χ2n) is 3.28. The van der Waals surface area contributed by atoms with Crippen LogP contribution in [0.1, 0.15) is 15.3 Å². The smallest absolute Gasteiger partial charge is 0.0441 e. The summed E-state index contributed by atoms with van der Waals surface area (Å²) in [6, 6.07) is 12.3. The van der Waals surface area contributed by atoms with Gasteiger partial charge >= 0.3 is 0 Å². The molecule has 0 N–H and O–H groups in total. The first kappa shape index (κ1) is 9.75. The van der Waals surface area contributed by atoms with E-state index in [-0.39, 0.29) is 0 Å². The molecule has 1 heterocycles. The van der Waals surface area contributed by atoms with Crippen molar-refractivity contribution in [2.45, 2.75) is 13.3 Å². The van der Waals surface area contributed by atoms with Crippen molar-refractivity contribution in [3.8, 4) is 0 Å². The quantitative estimate of drug-likeness (QED) is 0.711. The van der Waals surface area contributed by atoms with Crippen LogP contribution in [0.3, 0.4) is 0 Å². The SMILES string of the molecule is Cc1ccc(Cc2ccccc2Cl)s1. The highest BCUT2D eigenvalue weighted by atomic mass is 35.5. The number of benzene rings is 1. The molecule has 1 aromatic carbocycles. The molecule has 0 nitrogen and oxygen atoms in total. The highest BCUT2D eigenvalue weighted by Gasteiger charge is 2.02. The van der Waals surface area contributed by atoms with E-state index in [1.807, 2.05) is 29.5 Å². The molecule has 0 bridgehead atoms. The Hall–Kier alpha value is -0.790. The van der Waals surface area contributed by atoms with Crippen LogP contribution in [0, 0.1) is 6.92 Å². The van der Waals surface area contributed by atoms with Gasteiger partial charge in [-0.05, 0) is 30.7 Å². The highest BCUT2D eigenvalue weighted by molar-refractivity contribution is 7.11. The van der Waals surface area contributed by atoms with E-state index in [2.05, 4.69) is 25.1 Å². The van der Waals surface area contributed by atoms with Gasteiger partial charge in [-0.25, -0.2) is 0 Å². The molecule has 0 spiro atoms. The molecule has 2 aromatic rings. The third-order valence-electron chi connectivity index (χ3n) is 2.12. The molecule has 0 radical (unpaired) electrons. The van der Waals surface area contributed by atoms with E-state index in [9.17, 15) is 0 Å². The van der Waals surface area contributed by atoms with Gasteiger partial charge in [-0.1, -0.05) is 29.8 Å². The molecule has 2 rings (SSSR count). The van der Waals surface area contributed by atoms with E-state index in [1.165, 1.54) is 15.3 Å². The number of halogens is 1. The largest absolute Gasteiger partial charge is 0.145 e. The van der Waals surface area contributed by atoms with Crippen molar-refractivity contribution >= 4 is 22.9 Å². The van der Waals surface area contributed by atoms with Gasteiger partial charge in [0.25, 0.3) is 0 Å². The van der Waals surface area contributed by atoms with Crippen molar-refractivity contribution in [1.29, 1.82) is 0 Å². The van der Waals surface area contributed by atoms with E-state index < -0.39 is 0 Å². The molecule has 0 aliphatic carbocycles. The normalized spacial score (nSPS) is 10.4. The fourth-order valence-corrected chi connectivity index (χ4v) is 2.53. The van der Waals surface area contributed by atoms with Crippen LogP contribution in [0.5, 0.6) is 0 Å². The predicted molar refractivity (Wildman–Crippen MR) is 63.3 cm³/mol. The number of hydrogen-bond donors (Lipinski definition) is 0. The van der Waals surface area contributed by atoms with E-state index in [4.69, 9.17) is 11.6 Å². The fourth-order valence-electron chi connectivity index (χ4n) is 1.41. The van der Waals surface area contributed by atoms with Gasteiger partial charge in [0, 0.05) is 21.2 Å². The second kappa shape index (κ2) is 4.16. The fraction of sp³-hybridized carbons (Fsp3) is 0.167. The van der Waals surface area contributed by atoms with Crippen LogP contribution in [0.2, 0.25) is 5.02 Å². The average Bonchev–Trinajstić information content (AvgIpc) is 2.56. The Morgan fingerprint density at radius 2 is 1.93 bits per heavy atom. The van der Waals surface area contributed by atoms with Gasteiger partial charge in [-0.2, -0.15) is 0 Å². The average molecular weight is 223 g/mol. The first-order valence-corrected chi connectivity index (χ1v) is 5.74. The topological polar surface area (TPSA) is 0 Å². The zero-order valence-electron chi connectivity index (χ0n) is 7.96. The van der Waals surface area contributed by atoms with Gasteiger partial charge < -0.3 is 0 Å². The van der Waals surface area contributed by atoms with Crippen molar-refractivity contribution in [1.82, 2.24) is 0 Å². The zero-order chi connectivity index (χ0) is 9.97. The Bertz CT molecular complexity index is 431. The Balaban J connectivity index is 2.23. The molecule has 0 unspecified atom stereocenters. The maximum Gasteiger partial charge on any atom is 0.0441 e. The van der Waals surface area contributed by atoms with Crippen LogP contribution in [-0.2, 0) is 6.42 Å². The van der Waals surface area contributed by atoms with Crippen molar-refractivity contribution in [2.24, 2.45) is 0 Å². The Labute approximate surface area is 93.2 Å². The zero-order valence-corrected chi connectivity index (χ0v) is 9.53. The first-order valence-electron chi connectivity index (χ1n) is 4.54. The summed E-state index contributed by atoms with van der Waals surface area (Å²) in [5.41, 5.74) is 1.20. The monoisotopic (exact) mass is 222 g/mol. The lowest BCUT2D eigenvalue weighted by atomic mass is 10.1. The molecule has 0 saturated carbocycles. The number of aryl methyl sites for hydroxylation is 1. The van der Waals surface area contributed by atoms with E-state index in [1.54, 1.807) is 0 Å². The Kier molecular flexibility index (Phi) is 2.90. The predicted octanol–water partition coefficient (Wildman–Crippen LogP) is 4.30. The first-order chi connectivity index (χ1) is 6.75. The minimum atomic E-state index is 0.860. The van der Waals surface area contributed by atoms with Gasteiger partial charge in [0.2, 0.25) is 0 Å². The van der Waals surface area contributed by atoms with Gasteiger partial charge in [0.15, 0.2) is 0 Å². The summed E-state index contributed by atoms with van der Waals surface area (Å²) < 4.78 is 0. The minimum Gasteiger partial charge on any atom is -0.145 e. The second-order valence-corrected chi connectivity index (χ2v) is 5.06. The highest BCUT2D eigenvalue weighted by Crippen LogP contribution is 2.23. The molecule has 0 aliphatic rings. The lowest BCUT2D eigenvalue weighted by Gasteiger charge is -2.00. The molecule has 0 atom stereocenters. The molecule has 14 heavy (non-hydrogen) atoms. The molecule has 0 amide bonds. The van der Waals surface area contributed by atoms with Gasteiger partial charge in [0.05, 0.1) is 0 Å². The summed E-state index contributed by atoms with van der Waals surface area (Å²) in [6.45, 7) is 2.13. The van der Waals surface area contributed by atoms with Crippen LogP contribution in [0.25, 0.3) is 0 Å². The lowest BCUT2D eigenvalue weighted by molar-refractivity contribution is 1.24. The van der Waals surface area contributed by atoms with E-state index in [0.717, 1.165) is 11.4 Å². The molecule has 2 heteroatoms.